The predicted molar refractivity (Wildman–Crippen MR) is 53.2 cm³/mol. The number of amides is 1. The van der Waals surface area contributed by atoms with Crippen molar-refractivity contribution in [2.45, 2.75) is 20.8 Å². The number of rotatable bonds is 4. The molecular weight excluding hydrogens is 152 g/mol. The number of hydrogen-bond donors (Lipinski definition) is 0. The van der Waals surface area contributed by atoms with Crippen LogP contribution in [0.5, 0.6) is 0 Å². The Morgan fingerprint density at radius 2 is 1.25 bits per heavy atom. The fraction of sp³-hybridized carbons (Fsp3) is 0.889. The minimum Gasteiger partial charge on any atom is -0.351 e. The maximum atomic E-state index is 9.43. The molecule has 0 aliphatic carbocycles. The molecule has 74 valence electrons. The van der Waals surface area contributed by atoms with E-state index in [2.05, 4.69) is 25.7 Å². The van der Waals surface area contributed by atoms with Gasteiger partial charge in [0.25, 0.3) is 0 Å². The van der Waals surface area contributed by atoms with Crippen molar-refractivity contribution < 1.29 is 4.79 Å². The summed E-state index contributed by atoms with van der Waals surface area (Å²) in [7, 11) is 3.38. The van der Waals surface area contributed by atoms with Gasteiger partial charge in [0.15, 0.2) is 0 Å². The minimum atomic E-state index is 0.750. The molecular formula is C9H22N2O. The molecule has 0 atom stereocenters. The predicted octanol–water partition coefficient (Wildman–Crippen LogP) is 1.05. The first kappa shape index (κ1) is 14.0. The molecule has 0 saturated carbocycles. The fourth-order valence-corrected chi connectivity index (χ4v) is 0.671. The van der Waals surface area contributed by atoms with Gasteiger partial charge >= 0.3 is 0 Å². The van der Waals surface area contributed by atoms with E-state index < -0.39 is 0 Å². The largest absolute Gasteiger partial charge is 0.351 e. The standard InChI is InChI=1S/C6H15N.C3H7NO/c1-4-7(5-2)6-3;1-4(2)3-5/h4-6H2,1-3H3;3H,1-2H3. The average molecular weight is 174 g/mol. The molecule has 0 fully saturated rings. The molecule has 1 amide bonds. The van der Waals surface area contributed by atoms with Crippen LogP contribution in [0, 0.1) is 0 Å². The quantitative estimate of drug-likeness (QED) is 0.595. The second kappa shape index (κ2) is 10.4. The van der Waals surface area contributed by atoms with Crippen LogP contribution < -0.4 is 0 Å². The zero-order chi connectivity index (χ0) is 9.98. The molecule has 0 N–H and O–H groups in total. The highest BCUT2D eigenvalue weighted by atomic mass is 16.1. The van der Waals surface area contributed by atoms with Crippen LogP contribution in [-0.2, 0) is 4.79 Å². The summed E-state index contributed by atoms with van der Waals surface area (Å²) in [5.74, 6) is 0. The highest BCUT2D eigenvalue weighted by Gasteiger charge is 1.89. The van der Waals surface area contributed by atoms with Crippen LogP contribution in [0.4, 0.5) is 0 Å². The van der Waals surface area contributed by atoms with Gasteiger partial charge in [0, 0.05) is 14.1 Å². The lowest BCUT2D eigenvalue weighted by Crippen LogP contribution is -2.21. The van der Waals surface area contributed by atoms with Gasteiger partial charge in [-0.05, 0) is 19.6 Å². The summed E-state index contributed by atoms with van der Waals surface area (Å²) >= 11 is 0. The molecule has 0 rings (SSSR count). The van der Waals surface area contributed by atoms with E-state index in [1.165, 1.54) is 24.5 Å². The van der Waals surface area contributed by atoms with Gasteiger partial charge in [-0.15, -0.1) is 0 Å². The van der Waals surface area contributed by atoms with Gasteiger partial charge in [0.2, 0.25) is 6.41 Å². The maximum Gasteiger partial charge on any atom is 0.209 e. The van der Waals surface area contributed by atoms with E-state index >= 15 is 0 Å². The van der Waals surface area contributed by atoms with Crippen LogP contribution in [0.15, 0.2) is 0 Å². The Bertz CT molecular complexity index is 85.0. The number of hydrogen-bond acceptors (Lipinski definition) is 2. The Morgan fingerprint density at radius 1 is 1.00 bits per heavy atom. The first-order chi connectivity index (χ1) is 5.62. The zero-order valence-electron chi connectivity index (χ0n) is 9.00. The fourth-order valence-electron chi connectivity index (χ4n) is 0.671. The van der Waals surface area contributed by atoms with Crippen molar-refractivity contribution in [2.24, 2.45) is 0 Å². The van der Waals surface area contributed by atoms with Gasteiger partial charge in [0.1, 0.15) is 0 Å². The second-order valence-electron chi connectivity index (χ2n) is 2.69. The first-order valence-electron chi connectivity index (χ1n) is 4.46. The Hall–Kier alpha value is -0.570. The van der Waals surface area contributed by atoms with Crippen LogP contribution in [0.1, 0.15) is 20.8 Å². The van der Waals surface area contributed by atoms with E-state index in [9.17, 15) is 4.79 Å². The summed E-state index contributed by atoms with van der Waals surface area (Å²) in [6.07, 6.45) is 0.750. The Labute approximate surface area is 76.3 Å². The summed E-state index contributed by atoms with van der Waals surface area (Å²) in [5, 5.41) is 0. The van der Waals surface area contributed by atoms with Crippen LogP contribution >= 0.6 is 0 Å². The molecule has 0 unspecified atom stereocenters. The molecule has 12 heavy (non-hydrogen) atoms. The van der Waals surface area contributed by atoms with Crippen molar-refractivity contribution in [1.29, 1.82) is 0 Å². The molecule has 0 aromatic rings. The lowest BCUT2D eigenvalue weighted by molar-refractivity contribution is -0.115. The van der Waals surface area contributed by atoms with E-state index in [0.29, 0.717) is 0 Å². The van der Waals surface area contributed by atoms with Crippen LogP contribution in [0.25, 0.3) is 0 Å². The van der Waals surface area contributed by atoms with Crippen LogP contribution in [-0.4, -0.2) is 49.9 Å². The Kier molecular flexibility index (Phi) is 12.2. The molecule has 0 aliphatic heterocycles. The molecule has 0 bridgehead atoms. The van der Waals surface area contributed by atoms with Gasteiger partial charge in [-0.25, -0.2) is 0 Å². The third-order valence-corrected chi connectivity index (χ3v) is 1.55. The first-order valence-corrected chi connectivity index (χ1v) is 4.46. The van der Waals surface area contributed by atoms with Crippen molar-refractivity contribution >= 4 is 6.41 Å². The van der Waals surface area contributed by atoms with Gasteiger partial charge in [-0.1, -0.05) is 20.8 Å². The lowest BCUT2D eigenvalue weighted by Gasteiger charge is -2.13. The highest BCUT2D eigenvalue weighted by molar-refractivity contribution is 5.45. The van der Waals surface area contributed by atoms with Gasteiger partial charge in [-0.2, -0.15) is 0 Å². The summed E-state index contributed by atoms with van der Waals surface area (Å²) in [4.78, 5) is 13.2. The third kappa shape index (κ3) is 12.1. The summed E-state index contributed by atoms with van der Waals surface area (Å²) < 4.78 is 0. The molecule has 0 aliphatic rings. The van der Waals surface area contributed by atoms with Crippen molar-refractivity contribution in [2.75, 3.05) is 33.7 Å². The maximum absolute atomic E-state index is 9.43. The number of nitrogens with zero attached hydrogens (tertiary/aromatic N) is 2. The van der Waals surface area contributed by atoms with Crippen molar-refractivity contribution in [3.63, 3.8) is 0 Å². The molecule has 3 heteroatoms. The molecule has 0 aromatic carbocycles. The normalized spacial score (nSPS) is 8.83. The van der Waals surface area contributed by atoms with Gasteiger partial charge in [-0.3, -0.25) is 4.79 Å². The molecule has 0 heterocycles. The topological polar surface area (TPSA) is 23.6 Å². The minimum absolute atomic E-state index is 0.750. The van der Waals surface area contributed by atoms with Crippen molar-refractivity contribution in [1.82, 2.24) is 9.80 Å². The molecule has 0 saturated heterocycles. The van der Waals surface area contributed by atoms with Crippen LogP contribution in [0.3, 0.4) is 0 Å². The van der Waals surface area contributed by atoms with E-state index in [4.69, 9.17) is 0 Å². The Balaban J connectivity index is 0. The third-order valence-electron chi connectivity index (χ3n) is 1.55. The van der Waals surface area contributed by atoms with E-state index in [-0.39, 0.29) is 0 Å². The van der Waals surface area contributed by atoms with Crippen molar-refractivity contribution in [3.8, 4) is 0 Å². The molecule has 0 radical (unpaired) electrons. The van der Waals surface area contributed by atoms with E-state index in [0.717, 1.165) is 6.41 Å². The molecule has 0 aromatic heterocycles. The molecule has 0 spiro atoms. The second-order valence-corrected chi connectivity index (χ2v) is 2.69. The van der Waals surface area contributed by atoms with Gasteiger partial charge < -0.3 is 9.80 Å². The number of carbonyl (C=O) groups excluding carboxylic acids is 1. The lowest BCUT2D eigenvalue weighted by atomic mass is 10.5. The van der Waals surface area contributed by atoms with Gasteiger partial charge in [0.05, 0.1) is 0 Å². The summed E-state index contributed by atoms with van der Waals surface area (Å²) in [6.45, 7) is 10.1. The van der Waals surface area contributed by atoms with Crippen molar-refractivity contribution in [3.05, 3.63) is 0 Å². The highest BCUT2D eigenvalue weighted by Crippen LogP contribution is 1.81. The van der Waals surface area contributed by atoms with E-state index in [1.807, 2.05) is 0 Å². The number of carbonyl (C=O) groups is 1. The summed E-state index contributed by atoms with van der Waals surface area (Å²) in [6, 6.07) is 0. The smallest absolute Gasteiger partial charge is 0.209 e. The Morgan fingerprint density at radius 3 is 1.25 bits per heavy atom. The average Bonchev–Trinajstić information content (AvgIpc) is 2.09. The monoisotopic (exact) mass is 174 g/mol. The molecule has 3 nitrogen and oxygen atoms in total. The van der Waals surface area contributed by atoms with Crippen LogP contribution in [0.2, 0.25) is 0 Å². The zero-order valence-corrected chi connectivity index (χ0v) is 9.00. The summed E-state index contributed by atoms with van der Waals surface area (Å²) in [5.41, 5.74) is 0. The SMILES string of the molecule is CCN(CC)CC.CN(C)C=O. The van der Waals surface area contributed by atoms with E-state index in [1.54, 1.807) is 14.1 Å².